The number of hydrogen-bond acceptors (Lipinski definition) is 5. The molecule has 1 aromatic rings. The van der Waals surface area contributed by atoms with Gasteiger partial charge >= 0.3 is 0 Å². The molecule has 5 nitrogen and oxygen atoms in total. The highest BCUT2D eigenvalue weighted by Gasteiger charge is 2.35. The molecule has 2 aliphatic heterocycles. The van der Waals surface area contributed by atoms with Crippen molar-refractivity contribution >= 4 is 0 Å². The van der Waals surface area contributed by atoms with Crippen LogP contribution in [0.4, 0.5) is 0 Å². The van der Waals surface area contributed by atoms with E-state index in [1.165, 1.54) is 0 Å². The van der Waals surface area contributed by atoms with Gasteiger partial charge in [-0.25, -0.2) is 4.98 Å². The van der Waals surface area contributed by atoms with Crippen LogP contribution in [0.25, 0.3) is 0 Å². The molecule has 0 aliphatic carbocycles. The molecule has 2 fully saturated rings. The van der Waals surface area contributed by atoms with Gasteiger partial charge in [-0.1, -0.05) is 13.8 Å². The molecule has 0 unspecified atom stereocenters. The summed E-state index contributed by atoms with van der Waals surface area (Å²) in [6.45, 7) is 8.87. The van der Waals surface area contributed by atoms with E-state index in [-0.39, 0.29) is 0 Å². The van der Waals surface area contributed by atoms with Crippen LogP contribution in [0.2, 0.25) is 0 Å². The smallest absolute Gasteiger partial charge is 0.196 e. The standard InChI is InChI=1S/C13H21N3O2/c1-9(2)13-15-10(8-18-13)5-16-6-11-12(7-16)17-4-3-14-11/h8-9,11-12,14H,3-7H2,1-2H3/t11-,12-/m0/s1. The summed E-state index contributed by atoms with van der Waals surface area (Å²) in [7, 11) is 0. The van der Waals surface area contributed by atoms with Gasteiger partial charge in [-0.15, -0.1) is 0 Å². The summed E-state index contributed by atoms with van der Waals surface area (Å²) in [6.07, 6.45) is 2.13. The topological polar surface area (TPSA) is 50.5 Å². The van der Waals surface area contributed by atoms with Crippen LogP contribution in [-0.4, -0.2) is 48.3 Å². The van der Waals surface area contributed by atoms with Crippen LogP contribution in [0.15, 0.2) is 10.7 Å². The lowest BCUT2D eigenvalue weighted by Crippen LogP contribution is -2.47. The molecule has 18 heavy (non-hydrogen) atoms. The lowest BCUT2D eigenvalue weighted by molar-refractivity contribution is 0.0175. The van der Waals surface area contributed by atoms with Crippen molar-refractivity contribution in [2.45, 2.75) is 38.5 Å². The van der Waals surface area contributed by atoms with Crippen LogP contribution in [-0.2, 0) is 11.3 Å². The van der Waals surface area contributed by atoms with Crippen LogP contribution in [0.1, 0.15) is 31.4 Å². The SMILES string of the molecule is CC(C)c1nc(CN2C[C@@H]3NCCO[C@H]3C2)co1. The van der Waals surface area contributed by atoms with E-state index < -0.39 is 0 Å². The van der Waals surface area contributed by atoms with E-state index in [0.29, 0.717) is 18.1 Å². The van der Waals surface area contributed by atoms with Gasteiger partial charge in [0.15, 0.2) is 5.89 Å². The second kappa shape index (κ2) is 4.99. The second-order valence-corrected chi connectivity index (χ2v) is 5.50. The van der Waals surface area contributed by atoms with E-state index >= 15 is 0 Å². The Balaban J connectivity index is 1.59. The number of nitrogens with one attached hydrogen (secondary N) is 1. The Morgan fingerprint density at radius 2 is 2.39 bits per heavy atom. The zero-order valence-electron chi connectivity index (χ0n) is 11.1. The number of ether oxygens (including phenoxy) is 1. The van der Waals surface area contributed by atoms with Crippen molar-refractivity contribution in [2.24, 2.45) is 0 Å². The molecule has 2 atom stereocenters. The molecule has 1 aromatic heterocycles. The first-order valence-corrected chi connectivity index (χ1v) is 6.74. The van der Waals surface area contributed by atoms with E-state index in [9.17, 15) is 0 Å². The van der Waals surface area contributed by atoms with Gasteiger partial charge in [0.1, 0.15) is 6.26 Å². The fraction of sp³-hybridized carbons (Fsp3) is 0.769. The lowest BCUT2D eigenvalue weighted by atomic mass is 10.2. The van der Waals surface area contributed by atoms with Crippen molar-refractivity contribution in [3.63, 3.8) is 0 Å². The highest BCUT2D eigenvalue weighted by Crippen LogP contribution is 2.20. The number of aromatic nitrogens is 1. The van der Waals surface area contributed by atoms with E-state index in [0.717, 1.165) is 44.4 Å². The fourth-order valence-electron chi connectivity index (χ4n) is 2.69. The molecule has 0 spiro atoms. The van der Waals surface area contributed by atoms with E-state index in [1.54, 1.807) is 6.26 Å². The summed E-state index contributed by atoms with van der Waals surface area (Å²) in [4.78, 5) is 6.91. The third-order valence-corrected chi connectivity index (χ3v) is 3.63. The van der Waals surface area contributed by atoms with Crippen molar-refractivity contribution in [2.75, 3.05) is 26.2 Å². The first-order chi connectivity index (χ1) is 8.72. The minimum absolute atomic E-state index is 0.343. The number of nitrogens with zero attached hydrogens (tertiary/aromatic N) is 2. The Kier molecular flexibility index (Phi) is 3.37. The molecule has 100 valence electrons. The highest BCUT2D eigenvalue weighted by atomic mass is 16.5. The summed E-state index contributed by atoms with van der Waals surface area (Å²) < 4.78 is 11.2. The number of likely N-dealkylation sites (tertiary alicyclic amines) is 1. The van der Waals surface area contributed by atoms with E-state index in [2.05, 4.69) is 29.0 Å². The minimum atomic E-state index is 0.343. The summed E-state index contributed by atoms with van der Waals surface area (Å²) in [5, 5.41) is 3.51. The van der Waals surface area contributed by atoms with Crippen molar-refractivity contribution < 1.29 is 9.15 Å². The third-order valence-electron chi connectivity index (χ3n) is 3.63. The zero-order valence-corrected chi connectivity index (χ0v) is 11.1. The van der Waals surface area contributed by atoms with Crippen molar-refractivity contribution in [3.05, 3.63) is 17.8 Å². The molecular weight excluding hydrogens is 230 g/mol. The fourth-order valence-corrected chi connectivity index (χ4v) is 2.69. The molecule has 0 amide bonds. The van der Waals surface area contributed by atoms with Gasteiger partial charge in [-0.3, -0.25) is 4.90 Å². The number of morpholine rings is 1. The van der Waals surface area contributed by atoms with Crippen LogP contribution in [0.5, 0.6) is 0 Å². The molecule has 5 heteroatoms. The van der Waals surface area contributed by atoms with Gasteiger partial charge < -0.3 is 14.5 Å². The van der Waals surface area contributed by atoms with Gasteiger partial charge in [-0.05, 0) is 0 Å². The van der Waals surface area contributed by atoms with Crippen molar-refractivity contribution in [3.8, 4) is 0 Å². The maximum Gasteiger partial charge on any atom is 0.196 e. The maximum atomic E-state index is 5.77. The van der Waals surface area contributed by atoms with Gasteiger partial charge in [0, 0.05) is 38.1 Å². The number of fused-ring (bicyclic) bond motifs is 1. The Morgan fingerprint density at radius 3 is 3.11 bits per heavy atom. The van der Waals surface area contributed by atoms with E-state index in [1.807, 2.05) is 0 Å². The number of rotatable bonds is 3. The number of oxazole rings is 1. The third kappa shape index (κ3) is 2.43. The molecule has 0 saturated carbocycles. The van der Waals surface area contributed by atoms with Crippen molar-refractivity contribution in [1.29, 1.82) is 0 Å². The molecule has 0 aromatic carbocycles. The van der Waals surface area contributed by atoms with Crippen LogP contribution < -0.4 is 5.32 Å². The molecular formula is C13H21N3O2. The lowest BCUT2D eigenvalue weighted by Gasteiger charge is -2.25. The Hall–Kier alpha value is -0.910. The van der Waals surface area contributed by atoms with Crippen LogP contribution in [0, 0.1) is 0 Å². The second-order valence-electron chi connectivity index (χ2n) is 5.50. The average molecular weight is 251 g/mol. The van der Waals surface area contributed by atoms with Gasteiger partial charge in [-0.2, -0.15) is 0 Å². The predicted molar refractivity (Wildman–Crippen MR) is 67.4 cm³/mol. The summed E-state index contributed by atoms with van der Waals surface area (Å²) in [5.41, 5.74) is 1.03. The summed E-state index contributed by atoms with van der Waals surface area (Å²) in [5.74, 6) is 1.18. The van der Waals surface area contributed by atoms with Crippen LogP contribution >= 0.6 is 0 Å². The molecule has 3 heterocycles. The molecule has 2 saturated heterocycles. The molecule has 3 rings (SSSR count). The Morgan fingerprint density at radius 1 is 1.50 bits per heavy atom. The largest absolute Gasteiger partial charge is 0.448 e. The molecule has 1 N–H and O–H groups in total. The zero-order chi connectivity index (χ0) is 12.5. The Labute approximate surface area is 108 Å². The maximum absolute atomic E-state index is 5.77. The minimum Gasteiger partial charge on any atom is -0.448 e. The average Bonchev–Trinajstić information content (AvgIpc) is 2.94. The van der Waals surface area contributed by atoms with Crippen molar-refractivity contribution in [1.82, 2.24) is 15.2 Å². The molecule has 2 aliphatic rings. The molecule has 0 bridgehead atoms. The predicted octanol–water partition coefficient (Wildman–Crippen LogP) is 0.971. The monoisotopic (exact) mass is 251 g/mol. The summed E-state index contributed by atoms with van der Waals surface area (Å²) >= 11 is 0. The first kappa shape index (κ1) is 12.1. The Bertz CT molecular complexity index is 391. The molecule has 0 radical (unpaired) electrons. The van der Waals surface area contributed by atoms with E-state index in [4.69, 9.17) is 9.15 Å². The van der Waals surface area contributed by atoms with Gasteiger partial charge in [0.25, 0.3) is 0 Å². The van der Waals surface area contributed by atoms with Gasteiger partial charge in [0.2, 0.25) is 0 Å². The first-order valence-electron chi connectivity index (χ1n) is 6.74. The summed E-state index contributed by atoms with van der Waals surface area (Å²) in [6, 6.07) is 0.482. The normalized spacial score (nSPS) is 28.8. The number of hydrogen-bond donors (Lipinski definition) is 1. The van der Waals surface area contributed by atoms with Crippen LogP contribution in [0.3, 0.4) is 0 Å². The quantitative estimate of drug-likeness (QED) is 0.867. The highest BCUT2D eigenvalue weighted by molar-refractivity contribution is 5.01. The van der Waals surface area contributed by atoms with Gasteiger partial charge in [0.05, 0.1) is 18.4 Å².